The van der Waals surface area contributed by atoms with Crippen LogP contribution in [0, 0.1) is 11.6 Å². The molecule has 0 fully saturated rings. The van der Waals surface area contributed by atoms with Crippen molar-refractivity contribution >= 4 is 34.0 Å². The summed E-state index contributed by atoms with van der Waals surface area (Å²) in [5, 5.41) is 5.22. The monoisotopic (exact) mass is 408 g/mol. The lowest BCUT2D eigenvalue weighted by molar-refractivity contribution is -0.128. The maximum Gasteiger partial charge on any atom is 0.269 e. The van der Waals surface area contributed by atoms with Crippen LogP contribution in [0.3, 0.4) is 0 Å². The number of hydrogen-bond donors (Lipinski definition) is 1. The minimum Gasteiger partial charge on any atom is -0.478 e. The fourth-order valence-corrected chi connectivity index (χ4v) is 3.05. The number of benzene rings is 2. The summed E-state index contributed by atoms with van der Waals surface area (Å²) in [5.74, 6) is -1.78. The molecule has 1 aromatic heterocycles. The quantitative estimate of drug-likeness (QED) is 0.603. The van der Waals surface area contributed by atoms with Gasteiger partial charge in [0.15, 0.2) is 22.4 Å². The molecule has 3 aromatic rings. The standard InChI is InChI=1S/C19H15ClF2N2O2S/c1-19(2,26-13-6-4-12(20)5-7-13)17(25)24-18-23-16(10-27-18)11-3-8-14(21)15(22)9-11/h3-10H,1-2H3,(H,23,24,25). The van der Waals surface area contributed by atoms with Gasteiger partial charge in [-0.1, -0.05) is 11.6 Å². The van der Waals surface area contributed by atoms with Gasteiger partial charge in [0.05, 0.1) is 5.69 Å². The molecule has 0 aliphatic carbocycles. The van der Waals surface area contributed by atoms with Crippen LogP contribution < -0.4 is 10.1 Å². The van der Waals surface area contributed by atoms with Crippen LogP contribution in [-0.4, -0.2) is 16.5 Å². The van der Waals surface area contributed by atoms with Crippen molar-refractivity contribution in [3.8, 4) is 17.0 Å². The Hall–Kier alpha value is -2.51. The Kier molecular flexibility index (Phi) is 5.43. The topological polar surface area (TPSA) is 51.2 Å². The molecule has 2 aromatic carbocycles. The fourth-order valence-electron chi connectivity index (χ4n) is 2.21. The highest BCUT2D eigenvalue weighted by Crippen LogP contribution is 2.27. The number of rotatable bonds is 5. The van der Waals surface area contributed by atoms with Gasteiger partial charge in [-0.25, -0.2) is 13.8 Å². The number of carbonyl (C=O) groups is 1. The van der Waals surface area contributed by atoms with Crippen molar-refractivity contribution in [1.29, 1.82) is 0 Å². The molecule has 1 amide bonds. The van der Waals surface area contributed by atoms with Crippen LogP contribution in [0.2, 0.25) is 5.02 Å². The minimum atomic E-state index is -1.17. The first-order valence-electron chi connectivity index (χ1n) is 7.91. The maximum absolute atomic E-state index is 13.4. The van der Waals surface area contributed by atoms with Gasteiger partial charge in [0.2, 0.25) is 0 Å². The number of halogens is 3. The van der Waals surface area contributed by atoms with Gasteiger partial charge in [0.1, 0.15) is 5.75 Å². The van der Waals surface area contributed by atoms with Crippen molar-refractivity contribution in [2.45, 2.75) is 19.4 Å². The smallest absolute Gasteiger partial charge is 0.269 e. The lowest BCUT2D eigenvalue weighted by Gasteiger charge is -2.24. The van der Waals surface area contributed by atoms with Gasteiger partial charge in [0.25, 0.3) is 5.91 Å². The summed E-state index contributed by atoms with van der Waals surface area (Å²) in [4.78, 5) is 16.8. The average Bonchev–Trinajstić information content (AvgIpc) is 3.07. The van der Waals surface area contributed by atoms with E-state index in [0.717, 1.165) is 12.1 Å². The Bertz CT molecular complexity index is 974. The molecule has 0 aliphatic heterocycles. The highest BCUT2D eigenvalue weighted by Gasteiger charge is 2.30. The normalized spacial score (nSPS) is 11.3. The first kappa shape index (κ1) is 19.3. The highest BCUT2D eigenvalue weighted by molar-refractivity contribution is 7.14. The van der Waals surface area contributed by atoms with Crippen LogP contribution in [-0.2, 0) is 4.79 Å². The van der Waals surface area contributed by atoms with Crippen molar-refractivity contribution < 1.29 is 18.3 Å². The van der Waals surface area contributed by atoms with E-state index in [2.05, 4.69) is 10.3 Å². The number of carbonyl (C=O) groups excluding carboxylic acids is 1. The summed E-state index contributed by atoms with van der Waals surface area (Å²) in [7, 11) is 0. The molecule has 0 saturated carbocycles. The first-order chi connectivity index (χ1) is 12.7. The molecule has 140 valence electrons. The molecule has 0 bridgehead atoms. The molecule has 3 rings (SSSR count). The summed E-state index contributed by atoms with van der Waals surface area (Å²) in [5.41, 5.74) is -0.310. The molecule has 27 heavy (non-hydrogen) atoms. The summed E-state index contributed by atoms with van der Waals surface area (Å²) >= 11 is 7.01. The molecular formula is C19H15ClF2N2O2S. The van der Waals surface area contributed by atoms with Crippen molar-refractivity contribution in [2.24, 2.45) is 0 Å². The second-order valence-electron chi connectivity index (χ2n) is 6.19. The molecule has 1 heterocycles. The van der Waals surface area contributed by atoms with Gasteiger partial charge in [0, 0.05) is 16.0 Å². The molecule has 8 heteroatoms. The van der Waals surface area contributed by atoms with Crippen LogP contribution in [0.5, 0.6) is 5.75 Å². The molecule has 0 spiro atoms. The van der Waals surface area contributed by atoms with E-state index < -0.39 is 23.1 Å². The Morgan fingerprint density at radius 1 is 1.15 bits per heavy atom. The molecule has 0 atom stereocenters. The molecule has 0 saturated heterocycles. The van der Waals surface area contributed by atoms with Crippen LogP contribution >= 0.6 is 22.9 Å². The Morgan fingerprint density at radius 3 is 2.52 bits per heavy atom. The van der Waals surface area contributed by atoms with Crippen LogP contribution in [0.25, 0.3) is 11.3 Å². The van der Waals surface area contributed by atoms with Crippen molar-refractivity contribution in [1.82, 2.24) is 4.98 Å². The van der Waals surface area contributed by atoms with E-state index in [0.29, 0.717) is 27.2 Å². The number of hydrogen-bond acceptors (Lipinski definition) is 4. The zero-order chi connectivity index (χ0) is 19.6. The minimum absolute atomic E-state index is 0.326. The number of ether oxygens (including phenoxy) is 1. The second kappa shape index (κ2) is 7.62. The third kappa shape index (κ3) is 4.61. The summed E-state index contributed by atoms with van der Waals surface area (Å²) < 4.78 is 32.2. The highest BCUT2D eigenvalue weighted by atomic mass is 35.5. The Morgan fingerprint density at radius 2 is 1.85 bits per heavy atom. The molecule has 1 N–H and O–H groups in total. The van der Waals surface area contributed by atoms with Gasteiger partial charge >= 0.3 is 0 Å². The van der Waals surface area contributed by atoms with Crippen LogP contribution in [0.1, 0.15) is 13.8 Å². The molecule has 0 radical (unpaired) electrons. The van der Waals surface area contributed by atoms with Crippen LogP contribution in [0.4, 0.5) is 13.9 Å². The lowest BCUT2D eigenvalue weighted by Crippen LogP contribution is -2.42. The third-order valence-electron chi connectivity index (χ3n) is 3.67. The lowest BCUT2D eigenvalue weighted by atomic mass is 10.1. The predicted molar refractivity (Wildman–Crippen MR) is 102 cm³/mol. The van der Waals surface area contributed by atoms with Gasteiger partial charge in [-0.15, -0.1) is 11.3 Å². The third-order valence-corrected chi connectivity index (χ3v) is 4.68. The van der Waals surface area contributed by atoms with E-state index in [1.54, 1.807) is 43.5 Å². The molecular weight excluding hydrogens is 394 g/mol. The number of amides is 1. The van der Waals surface area contributed by atoms with Gasteiger partial charge in [-0.2, -0.15) is 0 Å². The number of thiazole rings is 1. The number of nitrogens with one attached hydrogen (secondary N) is 1. The Labute approximate surface area is 163 Å². The maximum atomic E-state index is 13.4. The second-order valence-corrected chi connectivity index (χ2v) is 7.48. The van der Waals surface area contributed by atoms with Crippen molar-refractivity contribution in [3.05, 3.63) is 64.5 Å². The van der Waals surface area contributed by atoms with E-state index in [-0.39, 0.29) is 0 Å². The van der Waals surface area contributed by atoms with Crippen LogP contribution in [0.15, 0.2) is 47.8 Å². The van der Waals surface area contributed by atoms with E-state index in [9.17, 15) is 13.6 Å². The molecule has 0 aliphatic rings. The number of anilines is 1. The SMILES string of the molecule is CC(C)(Oc1ccc(Cl)cc1)C(=O)Nc1nc(-c2ccc(F)c(F)c2)cs1. The first-order valence-corrected chi connectivity index (χ1v) is 9.17. The fraction of sp³-hybridized carbons (Fsp3) is 0.158. The largest absolute Gasteiger partial charge is 0.478 e. The zero-order valence-corrected chi connectivity index (χ0v) is 16.0. The summed E-state index contributed by atoms with van der Waals surface area (Å²) in [6.45, 7) is 3.25. The zero-order valence-electron chi connectivity index (χ0n) is 14.4. The summed E-state index contributed by atoms with van der Waals surface area (Å²) in [6.07, 6.45) is 0. The molecule has 4 nitrogen and oxygen atoms in total. The van der Waals surface area contributed by atoms with Crippen molar-refractivity contribution in [2.75, 3.05) is 5.32 Å². The van der Waals surface area contributed by atoms with E-state index >= 15 is 0 Å². The van der Waals surface area contributed by atoms with E-state index in [1.807, 2.05) is 0 Å². The molecule has 0 unspecified atom stereocenters. The average molecular weight is 409 g/mol. The van der Waals surface area contributed by atoms with E-state index in [4.69, 9.17) is 16.3 Å². The number of aromatic nitrogens is 1. The van der Waals surface area contributed by atoms with Gasteiger partial charge in [-0.3, -0.25) is 10.1 Å². The van der Waals surface area contributed by atoms with Crippen molar-refractivity contribution in [3.63, 3.8) is 0 Å². The van der Waals surface area contributed by atoms with Gasteiger partial charge < -0.3 is 4.74 Å². The van der Waals surface area contributed by atoms with Gasteiger partial charge in [-0.05, 0) is 56.3 Å². The predicted octanol–water partition coefficient (Wildman–Crippen LogP) is 5.54. The number of nitrogens with zero attached hydrogens (tertiary/aromatic N) is 1. The van der Waals surface area contributed by atoms with E-state index in [1.165, 1.54) is 17.4 Å². The Balaban J connectivity index is 1.71. The summed E-state index contributed by atoms with van der Waals surface area (Å²) in [6, 6.07) is 10.2.